The molecule has 0 aliphatic carbocycles. The highest BCUT2D eigenvalue weighted by molar-refractivity contribution is 7.92. The second-order valence-electron chi connectivity index (χ2n) is 6.91. The van der Waals surface area contributed by atoms with Crippen molar-refractivity contribution in [2.45, 2.75) is 11.8 Å². The van der Waals surface area contributed by atoms with E-state index in [2.05, 4.69) is 14.8 Å². The lowest BCUT2D eigenvalue weighted by atomic mass is 10.2. The Bertz CT molecular complexity index is 1300. The summed E-state index contributed by atoms with van der Waals surface area (Å²) in [6, 6.07) is 18.7. The molecule has 3 aromatic carbocycles. The summed E-state index contributed by atoms with van der Waals surface area (Å²) in [6.07, 6.45) is 1.02. The van der Waals surface area contributed by atoms with Crippen LogP contribution in [0.3, 0.4) is 0 Å². The van der Waals surface area contributed by atoms with Crippen molar-refractivity contribution in [1.82, 2.24) is 0 Å². The predicted molar refractivity (Wildman–Crippen MR) is 121 cm³/mol. The molecule has 8 nitrogen and oxygen atoms in total. The Labute approximate surface area is 181 Å². The van der Waals surface area contributed by atoms with E-state index in [1.165, 1.54) is 42.5 Å². The quantitative estimate of drug-likeness (QED) is 0.500. The van der Waals surface area contributed by atoms with Crippen LogP contribution in [0.5, 0.6) is 0 Å². The largest absolute Gasteiger partial charge is 0.322 e. The molecule has 0 radical (unpaired) electrons. The lowest BCUT2D eigenvalue weighted by Crippen LogP contribution is -2.15. The van der Waals surface area contributed by atoms with Gasteiger partial charge in [-0.2, -0.15) is 0 Å². The molecule has 3 rings (SSSR count). The number of carbonyl (C=O) groups excluding carboxylic acids is 1. The maximum absolute atomic E-state index is 12.5. The minimum Gasteiger partial charge on any atom is -0.322 e. The van der Waals surface area contributed by atoms with Gasteiger partial charge in [0.15, 0.2) is 0 Å². The number of amides is 1. The second-order valence-corrected chi connectivity index (χ2v) is 10.3. The summed E-state index contributed by atoms with van der Waals surface area (Å²) in [5, 5.41) is 2.65. The van der Waals surface area contributed by atoms with Crippen LogP contribution < -0.4 is 14.8 Å². The van der Waals surface area contributed by atoms with E-state index in [0.717, 1.165) is 11.8 Å². The van der Waals surface area contributed by atoms with E-state index in [1.807, 2.05) is 6.92 Å². The van der Waals surface area contributed by atoms with Crippen molar-refractivity contribution in [3.05, 3.63) is 83.9 Å². The van der Waals surface area contributed by atoms with Gasteiger partial charge in [0, 0.05) is 22.6 Å². The molecule has 0 heterocycles. The molecular formula is C21H21N3O5S2. The van der Waals surface area contributed by atoms with Crippen LogP contribution in [0.25, 0.3) is 0 Å². The van der Waals surface area contributed by atoms with Crippen LogP contribution in [-0.2, 0) is 20.0 Å². The van der Waals surface area contributed by atoms with Gasteiger partial charge in [-0.3, -0.25) is 14.2 Å². The van der Waals surface area contributed by atoms with Gasteiger partial charge in [-0.25, -0.2) is 16.8 Å². The number of nitrogens with one attached hydrogen (secondary N) is 3. The molecule has 0 aliphatic heterocycles. The van der Waals surface area contributed by atoms with Crippen LogP contribution in [0.4, 0.5) is 17.1 Å². The average Bonchev–Trinajstić information content (AvgIpc) is 2.69. The standard InChI is InChI=1S/C21H21N3O5S2/c1-15-6-8-18(9-7-15)24-31(28,29)20-12-10-17(11-13-20)22-21(25)16-4-3-5-19(14-16)23-30(2,26)27/h3-14,23-24H,1-2H3,(H,22,25). The Morgan fingerprint density at radius 2 is 1.35 bits per heavy atom. The van der Waals surface area contributed by atoms with E-state index in [9.17, 15) is 21.6 Å². The zero-order chi connectivity index (χ0) is 22.6. The van der Waals surface area contributed by atoms with Gasteiger partial charge in [-0.1, -0.05) is 23.8 Å². The molecule has 1 amide bonds. The molecule has 0 unspecified atom stereocenters. The maximum atomic E-state index is 12.5. The summed E-state index contributed by atoms with van der Waals surface area (Å²) in [5.41, 5.74) is 2.36. The smallest absolute Gasteiger partial charge is 0.261 e. The molecule has 0 fully saturated rings. The Hall–Kier alpha value is -3.37. The number of hydrogen-bond acceptors (Lipinski definition) is 5. The second kappa shape index (κ2) is 8.78. The lowest BCUT2D eigenvalue weighted by molar-refractivity contribution is 0.102. The van der Waals surface area contributed by atoms with Gasteiger partial charge >= 0.3 is 0 Å². The summed E-state index contributed by atoms with van der Waals surface area (Å²) < 4.78 is 52.6. The van der Waals surface area contributed by atoms with Crippen LogP contribution in [0.1, 0.15) is 15.9 Å². The Balaban J connectivity index is 1.71. The predicted octanol–water partition coefficient (Wildman–Crippen LogP) is 3.42. The number of anilines is 3. The van der Waals surface area contributed by atoms with Crippen molar-refractivity contribution in [2.24, 2.45) is 0 Å². The molecule has 0 saturated heterocycles. The van der Waals surface area contributed by atoms with Crippen LogP contribution in [0.15, 0.2) is 77.7 Å². The number of benzene rings is 3. The first-order chi connectivity index (χ1) is 14.5. The van der Waals surface area contributed by atoms with Gasteiger partial charge in [0.25, 0.3) is 15.9 Å². The first-order valence-corrected chi connectivity index (χ1v) is 12.5. The van der Waals surface area contributed by atoms with Crippen molar-refractivity contribution < 1.29 is 21.6 Å². The fraction of sp³-hybridized carbons (Fsp3) is 0.0952. The van der Waals surface area contributed by atoms with E-state index >= 15 is 0 Å². The highest BCUT2D eigenvalue weighted by Crippen LogP contribution is 2.20. The monoisotopic (exact) mass is 459 g/mol. The normalized spacial score (nSPS) is 11.5. The van der Waals surface area contributed by atoms with Gasteiger partial charge in [0.2, 0.25) is 10.0 Å². The summed E-state index contributed by atoms with van der Waals surface area (Å²) in [6.45, 7) is 1.91. The summed E-state index contributed by atoms with van der Waals surface area (Å²) >= 11 is 0. The summed E-state index contributed by atoms with van der Waals surface area (Å²) in [4.78, 5) is 12.5. The van der Waals surface area contributed by atoms with Crippen LogP contribution in [0.2, 0.25) is 0 Å². The molecule has 31 heavy (non-hydrogen) atoms. The molecule has 3 N–H and O–H groups in total. The molecule has 0 atom stereocenters. The number of aryl methyl sites for hydroxylation is 1. The van der Waals surface area contributed by atoms with E-state index in [0.29, 0.717) is 11.4 Å². The van der Waals surface area contributed by atoms with Crippen LogP contribution >= 0.6 is 0 Å². The average molecular weight is 460 g/mol. The SMILES string of the molecule is Cc1ccc(NS(=O)(=O)c2ccc(NC(=O)c3cccc(NS(C)(=O)=O)c3)cc2)cc1. The highest BCUT2D eigenvalue weighted by Gasteiger charge is 2.15. The summed E-state index contributed by atoms with van der Waals surface area (Å²) in [5.74, 6) is -0.467. The van der Waals surface area contributed by atoms with Crippen molar-refractivity contribution >= 4 is 43.0 Å². The number of sulfonamides is 2. The van der Waals surface area contributed by atoms with Gasteiger partial charge in [0.1, 0.15) is 0 Å². The van der Waals surface area contributed by atoms with Gasteiger partial charge in [0.05, 0.1) is 11.2 Å². The Kier molecular flexibility index (Phi) is 6.32. The molecule has 0 bridgehead atoms. The third kappa shape index (κ3) is 6.30. The van der Waals surface area contributed by atoms with Crippen molar-refractivity contribution in [3.63, 3.8) is 0 Å². The van der Waals surface area contributed by atoms with Crippen molar-refractivity contribution in [2.75, 3.05) is 21.0 Å². The number of carbonyl (C=O) groups is 1. The zero-order valence-electron chi connectivity index (χ0n) is 16.8. The fourth-order valence-electron chi connectivity index (χ4n) is 2.69. The maximum Gasteiger partial charge on any atom is 0.261 e. The molecule has 0 saturated carbocycles. The molecular weight excluding hydrogens is 438 g/mol. The molecule has 162 valence electrons. The number of rotatable bonds is 7. The Morgan fingerprint density at radius 1 is 0.742 bits per heavy atom. The third-order valence-electron chi connectivity index (χ3n) is 4.15. The van der Waals surface area contributed by atoms with E-state index in [4.69, 9.17) is 0 Å². The molecule has 10 heteroatoms. The van der Waals surface area contributed by atoms with Crippen LogP contribution in [-0.4, -0.2) is 29.0 Å². The molecule has 3 aromatic rings. The Morgan fingerprint density at radius 3 is 1.97 bits per heavy atom. The third-order valence-corrected chi connectivity index (χ3v) is 6.16. The molecule has 0 spiro atoms. The summed E-state index contributed by atoms with van der Waals surface area (Å²) in [7, 11) is -7.24. The first-order valence-electron chi connectivity index (χ1n) is 9.11. The fourth-order valence-corrected chi connectivity index (χ4v) is 4.31. The first kappa shape index (κ1) is 22.3. The lowest BCUT2D eigenvalue weighted by Gasteiger charge is -2.10. The van der Waals surface area contributed by atoms with Crippen molar-refractivity contribution in [1.29, 1.82) is 0 Å². The van der Waals surface area contributed by atoms with E-state index in [-0.39, 0.29) is 16.1 Å². The minimum atomic E-state index is -3.77. The van der Waals surface area contributed by atoms with Gasteiger partial charge in [-0.15, -0.1) is 0 Å². The highest BCUT2D eigenvalue weighted by atomic mass is 32.2. The zero-order valence-corrected chi connectivity index (χ0v) is 18.4. The van der Waals surface area contributed by atoms with Gasteiger partial charge < -0.3 is 5.32 Å². The topological polar surface area (TPSA) is 121 Å². The van der Waals surface area contributed by atoms with Gasteiger partial charge in [-0.05, 0) is 61.5 Å². The van der Waals surface area contributed by atoms with Crippen molar-refractivity contribution in [3.8, 4) is 0 Å². The number of hydrogen-bond donors (Lipinski definition) is 3. The van der Waals surface area contributed by atoms with Crippen LogP contribution in [0, 0.1) is 6.92 Å². The molecule has 0 aromatic heterocycles. The van der Waals surface area contributed by atoms with E-state index in [1.54, 1.807) is 30.3 Å². The minimum absolute atomic E-state index is 0.0467. The molecule has 0 aliphatic rings. The van der Waals surface area contributed by atoms with E-state index < -0.39 is 26.0 Å².